The maximum atomic E-state index is 14.3. The number of Topliss-reactive ketones (excluding diaryl/α,β-unsaturated/α-hetero) is 1. The summed E-state index contributed by atoms with van der Waals surface area (Å²) in [5.74, 6) is 0.868. The molecule has 2 aromatic carbocycles. The van der Waals surface area contributed by atoms with Crippen molar-refractivity contribution in [3.05, 3.63) is 53.8 Å². The molecule has 1 saturated heterocycles. The molecule has 2 aromatic rings. The number of hydrogen-bond donors (Lipinski definition) is 2. The normalized spacial score (nSPS) is 41.3. The van der Waals surface area contributed by atoms with Crippen LogP contribution in [-0.2, 0) is 36.2 Å². The van der Waals surface area contributed by atoms with E-state index in [0.717, 1.165) is 17.9 Å². The first-order chi connectivity index (χ1) is 19.4. The van der Waals surface area contributed by atoms with Gasteiger partial charge < -0.3 is 10.2 Å². The van der Waals surface area contributed by atoms with E-state index in [1.165, 1.54) is 24.3 Å². The molecule has 2 heterocycles. The molecular formula is C28H25FN4O6S2. The van der Waals surface area contributed by atoms with Crippen LogP contribution >= 0.6 is 0 Å². The van der Waals surface area contributed by atoms with Crippen molar-refractivity contribution in [2.75, 3.05) is 16.3 Å². The van der Waals surface area contributed by atoms with Gasteiger partial charge in [0, 0.05) is 24.2 Å². The summed E-state index contributed by atoms with van der Waals surface area (Å²) in [4.78, 5) is 30.0. The third-order valence-electron chi connectivity index (χ3n) is 10.9. The summed E-state index contributed by atoms with van der Waals surface area (Å²) < 4.78 is 69.8. The number of nitrogens with zero attached hydrogens (tertiary/aromatic N) is 2. The summed E-state index contributed by atoms with van der Waals surface area (Å²) >= 11 is 0. The van der Waals surface area contributed by atoms with Crippen LogP contribution in [0.15, 0.2) is 51.8 Å². The van der Waals surface area contributed by atoms with Gasteiger partial charge in [-0.25, -0.2) is 12.8 Å². The minimum atomic E-state index is -4.36. The number of rotatable bonds is 5. The lowest BCUT2D eigenvalue weighted by molar-refractivity contribution is -0.163. The second-order valence-corrected chi connectivity index (χ2v) is 16.0. The van der Waals surface area contributed by atoms with Gasteiger partial charge in [0.1, 0.15) is 16.5 Å². The molecule has 1 amide bonds. The number of fused-ring (bicyclic) bond motifs is 1. The molecule has 13 heteroatoms. The first-order valence-corrected chi connectivity index (χ1v) is 17.1. The van der Waals surface area contributed by atoms with Gasteiger partial charge in [0.25, 0.3) is 10.0 Å². The molecule has 2 bridgehead atoms. The SMILES string of the molecule is CS(=O)(=O)Nc1ccc2c(c1)S(=O)(=O)N=C(C1C(=O)[C@H]3C4C5C6C7C(C74)C(C65)[C@H]3N(Cc3ccc(F)cc3)C1=O)N2. The average Bonchev–Trinajstić information content (AvgIpc) is 3.75. The average molecular weight is 597 g/mol. The lowest BCUT2D eigenvalue weighted by atomic mass is 9.57. The Labute approximate surface area is 235 Å². The Kier molecular flexibility index (Phi) is 4.36. The van der Waals surface area contributed by atoms with Crippen LogP contribution < -0.4 is 10.0 Å². The number of carbonyl (C=O) groups excluding carboxylic acids is 2. The molecule has 6 aliphatic carbocycles. The van der Waals surface area contributed by atoms with E-state index in [4.69, 9.17) is 0 Å². The molecule has 0 radical (unpaired) electrons. The Morgan fingerprint density at radius 3 is 2.24 bits per heavy atom. The smallest absolute Gasteiger partial charge is 0.286 e. The highest BCUT2D eigenvalue weighted by Crippen LogP contribution is 2.93. The Balaban J connectivity index is 1.11. The number of nitrogens with one attached hydrogen (secondary N) is 2. The van der Waals surface area contributed by atoms with Crippen molar-refractivity contribution in [3.8, 4) is 0 Å². The van der Waals surface area contributed by atoms with Crippen LogP contribution in [0.3, 0.4) is 0 Å². The molecular weight excluding hydrogens is 571 g/mol. The molecule has 9 atom stereocenters. The lowest BCUT2D eigenvalue weighted by Gasteiger charge is -2.55. The van der Waals surface area contributed by atoms with E-state index in [0.29, 0.717) is 35.5 Å². The fraction of sp³-hybridized carbons (Fsp3) is 0.464. The van der Waals surface area contributed by atoms with Gasteiger partial charge in [0.05, 0.1) is 11.9 Å². The molecule has 212 valence electrons. The Hall–Kier alpha value is -3.32. The molecule has 6 saturated carbocycles. The third kappa shape index (κ3) is 3.08. The van der Waals surface area contributed by atoms with E-state index < -0.39 is 31.9 Å². The molecule has 10 rings (SSSR count). The fourth-order valence-corrected chi connectivity index (χ4v) is 11.7. The summed E-state index contributed by atoms with van der Waals surface area (Å²) in [7, 11) is -8.01. The zero-order chi connectivity index (χ0) is 28.3. The first kappa shape index (κ1) is 24.3. The van der Waals surface area contributed by atoms with E-state index >= 15 is 0 Å². The van der Waals surface area contributed by atoms with Crippen molar-refractivity contribution >= 4 is 48.9 Å². The molecule has 0 aromatic heterocycles. The molecule has 0 spiro atoms. The van der Waals surface area contributed by atoms with Gasteiger partial charge in [0.15, 0.2) is 11.7 Å². The number of sulfonamides is 2. The van der Waals surface area contributed by atoms with Crippen molar-refractivity contribution in [2.45, 2.75) is 17.5 Å². The lowest BCUT2D eigenvalue weighted by Crippen LogP contribution is -2.67. The monoisotopic (exact) mass is 596 g/mol. The number of anilines is 2. The molecule has 7 unspecified atom stereocenters. The first-order valence-electron chi connectivity index (χ1n) is 13.8. The number of halogens is 1. The molecule has 7 fully saturated rings. The van der Waals surface area contributed by atoms with E-state index in [1.807, 2.05) is 0 Å². The minimum absolute atomic E-state index is 0.0483. The summed E-state index contributed by atoms with van der Waals surface area (Å²) in [5.41, 5.74) is 0.899. The van der Waals surface area contributed by atoms with Crippen molar-refractivity contribution in [1.82, 2.24) is 4.90 Å². The number of carbonyl (C=O) groups is 2. The maximum absolute atomic E-state index is 14.3. The van der Waals surface area contributed by atoms with Crippen molar-refractivity contribution in [3.63, 3.8) is 0 Å². The largest absolute Gasteiger partial charge is 0.341 e. The maximum Gasteiger partial charge on any atom is 0.286 e. The van der Waals surface area contributed by atoms with E-state index in [-0.39, 0.29) is 64.0 Å². The summed E-state index contributed by atoms with van der Waals surface area (Å²) in [6.45, 7) is 0.203. The standard InChI is InChI=1S/C28H25FN4O6S2/c1-40(36,37)31-12-6-7-13-14(8-12)41(38,39)32-27(30-13)24-26(34)23-21-17-15-16-18(21)20(16)22(19(15)17)25(23)33(28(24)35)9-10-2-4-11(29)5-3-10/h2-8,15-25,31H,9H2,1H3,(H,30,32)/t15?,16?,17?,18?,19?,20?,21?,22?,23-,24?,25+/m0/s1. The van der Waals surface area contributed by atoms with Gasteiger partial charge in [-0.3, -0.25) is 14.3 Å². The number of amidine groups is 1. The Bertz CT molecular complexity index is 1840. The third-order valence-corrected chi connectivity index (χ3v) is 12.8. The van der Waals surface area contributed by atoms with Gasteiger partial charge in [0.2, 0.25) is 15.9 Å². The van der Waals surface area contributed by atoms with Gasteiger partial charge >= 0.3 is 0 Å². The van der Waals surface area contributed by atoms with Crippen LogP contribution in [0.4, 0.5) is 15.8 Å². The predicted octanol–water partition coefficient (Wildman–Crippen LogP) is 1.92. The number of likely N-dealkylation sites (tertiary alicyclic amines) is 1. The number of hydrogen-bond acceptors (Lipinski definition) is 7. The van der Waals surface area contributed by atoms with Crippen LogP contribution in [0, 0.1) is 65.0 Å². The summed E-state index contributed by atoms with van der Waals surface area (Å²) in [6.07, 6.45) is 0.952. The minimum Gasteiger partial charge on any atom is -0.341 e. The molecule has 10 nitrogen and oxygen atoms in total. The number of benzene rings is 2. The van der Waals surface area contributed by atoms with E-state index in [1.54, 1.807) is 17.0 Å². The molecule has 8 aliphatic rings. The van der Waals surface area contributed by atoms with Crippen LogP contribution in [-0.4, -0.2) is 51.6 Å². The molecule has 41 heavy (non-hydrogen) atoms. The zero-order valence-electron chi connectivity index (χ0n) is 21.6. The highest BCUT2D eigenvalue weighted by Gasteiger charge is 2.92. The van der Waals surface area contributed by atoms with Gasteiger partial charge in [-0.1, -0.05) is 12.1 Å². The fourth-order valence-electron chi connectivity index (χ4n) is 9.95. The van der Waals surface area contributed by atoms with Crippen LogP contribution in [0.2, 0.25) is 0 Å². The van der Waals surface area contributed by atoms with Gasteiger partial charge in [-0.05, 0) is 83.2 Å². The molecule has 2 N–H and O–H groups in total. The summed E-state index contributed by atoms with van der Waals surface area (Å²) in [5, 5.41) is 2.93. The Morgan fingerprint density at radius 1 is 0.951 bits per heavy atom. The van der Waals surface area contributed by atoms with Crippen LogP contribution in [0.5, 0.6) is 0 Å². The van der Waals surface area contributed by atoms with Crippen LogP contribution in [0.25, 0.3) is 0 Å². The van der Waals surface area contributed by atoms with Crippen molar-refractivity contribution in [1.29, 1.82) is 0 Å². The quantitative estimate of drug-likeness (QED) is 0.503. The number of amides is 1. The van der Waals surface area contributed by atoms with Gasteiger partial charge in [-0.15, -0.1) is 4.40 Å². The second kappa shape index (κ2) is 7.35. The predicted molar refractivity (Wildman–Crippen MR) is 144 cm³/mol. The highest BCUT2D eigenvalue weighted by atomic mass is 32.2. The van der Waals surface area contributed by atoms with Crippen molar-refractivity contribution < 1.29 is 30.8 Å². The second-order valence-electron chi connectivity index (χ2n) is 12.7. The zero-order valence-corrected chi connectivity index (χ0v) is 23.3. The number of piperidine rings is 1. The number of ketones is 1. The highest BCUT2D eigenvalue weighted by molar-refractivity contribution is 7.92. The van der Waals surface area contributed by atoms with E-state index in [2.05, 4.69) is 14.4 Å². The summed E-state index contributed by atoms with van der Waals surface area (Å²) in [6, 6.07) is 9.67. The van der Waals surface area contributed by atoms with E-state index in [9.17, 15) is 30.8 Å². The van der Waals surface area contributed by atoms with Crippen molar-refractivity contribution in [2.24, 2.45) is 63.6 Å². The molecule has 2 aliphatic heterocycles. The van der Waals surface area contributed by atoms with Gasteiger partial charge in [-0.2, -0.15) is 8.42 Å². The Morgan fingerprint density at radius 2 is 1.59 bits per heavy atom. The topological polar surface area (TPSA) is 142 Å². The van der Waals surface area contributed by atoms with Crippen LogP contribution in [0.1, 0.15) is 5.56 Å².